The molecule has 33 heavy (non-hydrogen) atoms. The topological polar surface area (TPSA) is 89.7 Å². The van der Waals surface area contributed by atoms with Crippen molar-refractivity contribution >= 4 is 23.2 Å². The Bertz CT molecular complexity index is 1160. The summed E-state index contributed by atoms with van der Waals surface area (Å²) in [5.41, 5.74) is 3.10. The number of benzene rings is 2. The van der Waals surface area contributed by atoms with E-state index in [2.05, 4.69) is 15.5 Å². The Hall–Kier alpha value is -3.36. The number of allylic oxidation sites excluding steroid dienone is 1. The van der Waals surface area contributed by atoms with E-state index in [-0.39, 0.29) is 6.03 Å². The summed E-state index contributed by atoms with van der Waals surface area (Å²) in [5, 5.41) is 7.88. The Kier molecular flexibility index (Phi) is 6.96. The van der Waals surface area contributed by atoms with Crippen molar-refractivity contribution in [2.75, 3.05) is 27.4 Å². The van der Waals surface area contributed by atoms with Crippen LogP contribution >= 0.6 is 11.6 Å². The first-order chi connectivity index (χ1) is 16.0. The van der Waals surface area contributed by atoms with Crippen LogP contribution in [0.3, 0.4) is 0 Å². The lowest BCUT2D eigenvalue weighted by Gasteiger charge is -2.35. The highest BCUT2D eigenvalue weighted by molar-refractivity contribution is 6.30. The second kappa shape index (κ2) is 10.1. The van der Waals surface area contributed by atoms with Crippen molar-refractivity contribution in [1.82, 2.24) is 20.4 Å². The number of nitrogens with zero attached hydrogens (tertiary/aromatic N) is 3. The SMILES string of the molecule is COCCCN1C(=O)NC(c2cccc(OC)c2)C(c2nc(-c3ccc(Cl)cc3)no2)=C1C. The first kappa shape index (κ1) is 22.8. The summed E-state index contributed by atoms with van der Waals surface area (Å²) in [7, 11) is 3.24. The first-order valence-electron chi connectivity index (χ1n) is 10.5. The van der Waals surface area contributed by atoms with Crippen LogP contribution in [0.4, 0.5) is 4.79 Å². The molecule has 0 radical (unpaired) electrons. The van der Waals surface area contributed by atoms with E-state index in [1.54, 1.807) is 31.3 Å². The van der Waals surface area contributed by atoms with Gasteiger partial charge >= 0.3 is 6.03 Å². The van der Waals surface area contributed by atoms with E-state index in [0.717, 1.165) is 22.4 Å². The third kappa shape index (κ3) is 4.86. The fourth-order valence-electron chi connectivity index (χ4n) is 3.81. The number of methoxy groups -OCH3 is 2. The van der Waals surface area contributed by atoms with Crippen molar-refractivity contribution in [2.24, 2.45) is 0 Å². The maximum Gasteiger partial charge on any atom is 0.322 e. The van der Waals surface area contributed by atoms with Crippen LogP contribution in [0.15, 0.2) is 58.8 Å². The third-order valence-corrected chi connectivity index (χ3v) is 5.76. The molecule has 0 saturated carbocycles. The molecule has 0 aliphatic carbocycles. The van der Waals surface area contributed by atoms with Crippen LogP contribution in [0.25, 0.3) is 17.0 Å². The minimum absolute atomic E-state index is 0.197. The summed E-state index contributed by atoms with van der Waals surface area (Å²) in [5.74, 6) is 1.46. The maximum absolute atomic E-state index is 13.0. The minimum atomic E-state index is -0.482. The average molecular weight is 469 g/mol. The highest BCUT2D eigenvalue weighted by Crippen LogP contribution is 2.38. The molecule has 1 aliphatic rings. The zero-order valence-corrected chi connectivity index (χ0v) is 19.4. The van der Waals surface area contributed by atoms with Gasteiger partial charge in [-0.2, -0.15) is 4.98 Å². The fraction of sp³-hybridized carbons (Fsp3) is 0.292. The standard InChI is InChI=1S/C24H25ClN4O4/c1-15-20(23-27-22(28-33-23)16-8-10-18(25)11-9-16)21(17-6-4-7-19(14-17)32-3)26-24(30)29(15)12-5-13-31-2/h4,6-11,14,21H,5,12-13H2,1-3H3,(H,26,30). The van der Waals surface area contributed by atoms with Crippen molar-refractivity contribution in [1.29, 1.82) is 0 Å². The summed E-state index contributed by atoms with van der Waals surface area (Å²) in [6.45, 7) is 2.94. The molecule has 2 amide bonds. The lowest BCUT2D eigenvalue weighted by atomic mass is 9.94. The van der Waals surface area contributed by atoms with Gasteiger partial charge in [0.1, 0.15) is 5.75 Å². The number of hydrogen-bond acceptors (Lipinski definition) is 6. The smallest absolute Gasteiger partial charge is 0.322 e. The fourth-order valence-corrected chi connectivity index (χ4v) is 3.94. The van der Waals surface area contributed by atoms with Crippen LogP contribution in [0.1, 0.15) is 30.8 Å². The zero-order valence-electron chi connectivity index (χ0n) is 18.7. The summed E-state index contributed by atoms with van der Waals surface area (Å²) in [4.78, 5) is 19.3. The summed E-state index contributed by atoms with van der Waals surface area (Å²) < 4.78 is 16.2. The highest BCUT2D eigenvalue weighted by Gasteiger charge is 2.35. The van der Waals surface area contributed by atoms with Crippen molar-refractivity contribution < 1.29 is 18.8 Å². The van der Waals surface area contributed by atoms with Crippen molar-refractivity contribution in [3.05, 3.63) is 70.7 Å². The molecule has 4 rings (SSSR count). The van der Waals surface area contributed by atoms with Crippen LogP contribution in [-0.2, 0) is 4.74 Å². The number of carbonyl (C=O) groups is 1. The molecule has 1 aromatic heterocycles. The van der Waals surface area contributed by atoms with Gasteiger partial charge in [-0.15, -0.1) is 0 Å². The summed E-state index contributed by atoms with van der Waals surface area (Å²) >= 11 is 6.00. The molecule has 8 nitrogen and oxygen atoms in total. The Morgan fingerprint density at radius 2 is 1.97 bits per heavy atom. The molecular weight excluding hydrogens is 444 g/mol. The molecule has 0 saturated heterocycles. The molecule has 3 aromatic rings. The van der Waals surface area contributed by atoms with Gasteiger partial charge in [-0.3, -0.25) is 4.90 Å². The molecule has 2 heterocycles. The van der Waals surface area contributed by atoms with Gasteiger partial charge in [-0.05, 0) is 55.3 Å². The van der Waals surface area contributed by atoms with Gasteiger partial charge < -0.3 is 19.3 Å². The van der Waals surface area contributed by atoms with Crippen LogP contribution in [-0.4, -0.2) is 48.4 Å². The quantitative estimate of drug-likeness (QED) is 0.471. The van der Waals surface area contributed by atoms with Crippen molar-refractivity contribution in [3.8, 4) is 17.1 Å². The van der Waals surface area contributed by atoms with E-state index in [4.69, 9.17) is 25.6 Å². The lowest BCUT2D eigenvalue weighted by Crippen LogP contribution is -2.46. The molecule has 1 aliphatic heterocycles. The molecule has 2 aromatic carbocycles. The predicted octanol–water partition coefficient (Wildman–Crippen LogP) is 4.93. The molecule has 1 atom stereocenters. The summed E-state index contributed by atoms with van der Waals surface area (Å²) in [6, 6.07) is 14.1. The number of carbonyl (C=O) groups excluding carboxylic acids is 1. The van der Waals surface area contributed by atoms with Gasteiger partial charge in [0.15, 0.2) is 0 Å². The monoisotopic (exact) mass is 468 g/mol. The number of rotatable bonds is 8. The predicted molar refractivity (Wildman–Crippen MR) is 125 cm³/mol. The van der Waals surface area contributed by atoms with Crippen LogP contribution in [0.5, 0.6) is 5.75 Å². The largest absolute Gasteiger partial charge is 0.497 e. The lowest BCUT2D eigenvalue weighted by molar-refractivity contribution is 0.174. The number of nitrogens with one attached hydrogen (secondary N) is 1. The number of amides is 2. The van der Waals surface area contributed by atoms with Gasteiger partial charge in [0.2, 0.25) is 5.82 Å². The van der Waals surface area contributed by atoms with E-state index in [1.807, 2.05) is 43.3 Å². The Morgan fingerprint density at radius 3 is 2.70 bits per heavy atom. The Labute approximate surface area is 197 Å². The van der Waals surface area contributed by atoms with Crippen molar-refractivity contribution in [2.45, 2.75) is 19.4 Å². The second-order valence-corrected chi connectivity index (χ2v) is 8.02. The van der Waals surface area contributed by atoms with Crippen molar-refractivity contribution in [3.63, 3.8) is 0 Å². The van der Waals surface area contributed by atoms with E-state index >= 15 is 0 Å². The van der Waals surface area contributed by atoms with E-state index < -0.39 is 6.04 Å². The normalized spacial score (nSPS) is 16.2. The van der Waals surface area contributed by atoms with Crippen LogP contribution in [0, 0.1) is 0 Å². The molecule has 172 valence electrons. The minimum Gasteiger partial charge on any atom is -0.497 e. The molecule has 9 heteroatoms. The molecular formula is C24H25ClN4O4. The molecule has 1 N–H and O–H groups in total. The molecule has 0 bridgehead atoms. The highest BCUT2D eigenvalue weighted by atomic mass is 35.5. The number of ether oxygens (including phenoxy) is 2. The molecule has 1 unspecified atom stereocenters. The number of urea groups is 1. The second-order valence-electron chi connectivity index (χ2n) is 7.59. The van der Waals surface area contributed by atoms with Crippen LogP contribution in [0.2, 0.25) is 5.02 Å². The van der Waals surface area contributed by atoms with E-state index in [1.165, 1.54) is 0 Å². The van der Waals surface area contributed by atoms with E-state index in [9.17, 15) is 4.79 Å². The van der Waals surface area contributed by atoms with Crippen LogP contribution < -0.4 is 10.1 Å². The molecule has 0 spiro atoms. The van der Waals surface area contributed by atoms with Gasteiger partial charge in [-0.25, -0.2) is 4.79 Å². The number of hydrogen-bond donors (Lipinski definition) is 1. The van der Waals surface area contributed by atoms with Gasteiger partial charge in [0.25, 0.3) is 5.89 Å². The molecule has 0 fully saturated rings. The zero-order chi connectivity index (χ0) is 23.4. The third-order valence-electron chi connectivity index (χ3n) is 5.51. The van der Waals surface area contributed by atoms with Gasteiger partial charge in [0.05, 0.1) is 18.7 Å². The number of aromatic nitrogens is 2. The first-order valence-corrected chi connectivity index (χ1v) is 10.9. The van der Waals surface area contributed by atoms with Gasteiger partial charge in [0, 0.05) is 36.5 Å². The average Bonchev–Trinajstić information content (AvgIpc) is 3.31. The maximum atomic E-state index is 13.0. The Balaban J connectivity index is 1.77. The Morgan fingerprint density at radius 1 is 1.18 bits per heavy atom. The van der Waals surface area contributed by atoms with E-state index in [0.29, 0.717) is 42.1 Å². The summed E-state index contributed by atoms with van der Waals surface area (Å²) in [6.07, 6.45) is 0.693. The van der Waals surface area contributed by atoms with Gasteiger partial charge in [-0.1, -0.05) is 28.9 Å². The number of halogens is 1.